The molecule has 0 bridgehead atoms. The van der Waals surface area contributed by atoms with Crippen LogP contribution in [0.15, 0.2) is 0 Å². The SMILES string of the molecule is C1CCC(SCCCN2CCNCC2)CC1. The van der Waals surface area contributed by atoms with E-state index in [1.54, 1.807) is 0 Å². The van der Waals surface area contributed by atoms with Crippen LogP contribution in [0.25, 0.3) is 0 Å². The number of hydrogen-bond donors (Lipinski definition) is 1. The summed E-state index contributed by atoms with van der Waals surface area (Å²) in [5.41, 5.74) is 0. The molecule has 16 heavy (non-hydrogen) atoms. The summed E-state index contributed by atoms with van der Waals surface area (Å²) in [5.74, 6) is 1.38. The molecule has 1 N–H and O–H groups in total. The van der Waals surface area contributed by atoms with Gasteiger partial charge in [0.05, 0.1) is 0 Å². The molecule has 0 aromatic carbocycles. The molecule has 1 aliphatic carbocycles. The summed E-state index contributed by atoms with van der Waals surface area (Å²) in [4.78, 5) is 2.61. The first kappa shape index (κ1) is 12.7. The number of rotatable bonds is 5. The highest BCUT2D eigenvalue weighted by molar-refractivity contribution is 7.99. The van der Waals surface area contributed by atoms with Crippen LogP contribution >= 0.6 is 11.8 Å². The molecule has 0 amide bonds. The smallest absolute Gasteiger partial charge is 0.0107 e. The van der Waals surface area contributed by atoms with E-state index in [2.05, 4.69) is 22.0 Å². The van der Waals surface area contributed by atoms with Gasteiger partial charge < -0.3 is 10.2 Å². The molecular formula is C13H26N2S. The Hall–Kier alpha value is 0.270. The summed E-state index contributed by atoms with van der Waals surface area (Å²) < 4.78 is 0. The largest absolute Gasteiger partial charge is 0.314 e. The van der Waals surface area contributed by atoms with Crippen molar-refractivity contribution >= 4 is 11.8 Å². The van der Waals surface area contributed by atoms with E-state index in [1.807, 2.05) is 0 Å². The molecule has 0 spiro atoms. The van der Waals surface area contributed by atoms with Gasteiger partial charge >= 0.3 is 0 Å². The maximum atomic E-state index is 3.41. The molecule has 2 aliphatic rings. The van der Waals surface area contributed by atoms with Crippen LogP contribution < -0.4 is 5.32 Å². The first-order valence-electron chi connectivity index (χ1n) is 7.00. The minimum atomic E-state index is 0.997. The molecule has 2 rings (SSSR count). The lowest BCUT2D eigenvalue weighted by atomic mass is 10.0. The third kappa shape index (κ3) is 4.64. The minimum Gasteiger partial charge on any atom is -0.314 e. The van der Waals surface area contributed by atoms with Gasteiger partial charge in [-0.25, -0.2) is 0 Å². The lowest BCUT2D eigenvalue weighted by molar-refractivity contribution is 0.242. The molecule has 0 radical (unpaired) electrons. The van der Waals surface area contributed by atoms with E-state index in [-0.39, 0.29) is 0 Å². The van der Waals surface area contributed by atoms with Gasteiger partial charge in [0.15, 0.2) is 0 Å². The Morgan fingerprint density at radius 3 is 2.56 bits per heavy atom. The number of nitrogens with one attached hydrogen (secondary N) is 1. The zero-order valence-electron chi connectivity index (χ0n) is 10.4. The zero-order chi connectivity index (χ0) is 11.1. The van der Waals surface area contributed by atoms with E-state index in [4.69, 9.17) is 0 Å². The highest BCUT2D eigenvalue weighted by atomic mass is 32.2. The third-order valence-corrected chi connectivity index (χ3v) is 5.20. The van der Waals surface area contributed by atoms with Crippen molar-refractivity contribution in [1.82, 2.24) is 10.2 Å². The van der Waals surface area contributed by atoms with Gasteiger partial charge in [-0.05, 0) is 31.6 Å². The standard InChI is InChI=1S/C13H26N2S/c1-2-5-13(6-3-1)16-12-4-9-15-10-7-14-8-11-15/h13-14H,1-12H2. The Kier molecular flexibility index (Phi) is 6.02. The van der Waals surface area contributed by atoms with E-state index in [0.29, 0.717) is 0 Å². The van der Waals surface area contributed by atoms with E-state index >= 15 is 0 Å². The highest BCUT2D eigenvalue weighted by Gasteiger charge is 2.13. The van der Waals surface area contributed by atoms with Crippen molar-refractivity contribution in [3.05, 3.63) is 0 Å². The molecule has 2 nitrogen and oxygen atoms in total. The Bertz CT molecular complexity index is 155. The Labute approximate surface area is 105 Å². The van der Waals surface area contributed by atoms with Gasteiger partial charge in [0.25, 0.3) is 0 Å². The van der Waals surface area contributed by atoms with Crippen molar-refractivity contribution in [1.29, 1.82) is 0 Å². The molecule has 3 heteroatoms. The van der Waals surface area contributed by atoms with Gasteiger partial charge in [-0.1, -0.05) is 19.3 Å². The van der Waals surface area contributed by atoms with Crippen LogP contribution in [0.2, 0.25) is 0 Å². The maximum absolute atomic E-state index is 3.41. The van der Waals surface area contributed by atoms with Crippen LogP contribution in [0.4, 0.5) is 0 Å². The molecule has 1 heterocycles. The van der Waals surface area contributed by atoms with Crippen molar-refractivity contribution < 1.29 is 0 Å². The zero-order valence-corrected chi connectivity index (χ0v) is 11.2. The molecule has 1 aliphatic heterocycles. The van der Waals surface area contributed by atoms with Crippen LogP contribution in [0.3, 0.4) is 0 Å². The predicted octanol–water partition coefficient (Wildman–Crippen LogP) is 2.35. The van der Waals surface area contributed by atoms with E-state index < -0.39 is 0 Å². The monoisotopic (exact) mass is 242 g/mol. The van der Waals surface area contributed by atoms with Crippen LogP contribution in [-0.2, 0) is 0 Å². The van der Waals surface area contributed by atoms with Crippen molar-refractivity contribution in [2.24, 2.45) is 0 Å². The van der Waals surface area contributed by atoms with E-state index in [9.17, 15) is 0 Å². The molecule has 94 valence electrons. The third-order valence-electron chi connectivity index (χ3n) is 3.73. The van der Waals surface area contributed by atoms with Gasteiger partial charge in [0.2, 0.25) is 0 Å². The lowest BCUT2D eigenvalue weighted by Gasteiger charge is -2.27. The molecular weight excluding hydrogens is 216 g/mol. The molecule has 2 fully saturated rings. The van der Waals surface area contributed by atoms with Crippen molar-refractivity contribution in [2.45, 2.75) is 43.8 Å². The van der Waals surface area contributed by atoms with Crippen molar-refractivity contribution in [3.63, 3.8) is 0 Å². The van der Waals surface area contributed by atoms with Gasteiger partial charge in [0.1, 0.15) is 0 Å². The van der Waals surface area contributed by atoms with Crippen LogP contribution in [0.1, 0.15) is 38.5 Å². The van der Waals surface area contributed by atoms with Gasteiger partial charge in [0, 0.05) is 31.4 Å². The topological polar surface area (TPSA) is 15.3 Å². The molecule has 1 saturated heterocycles. The second-order valence-corrected chi connectivity index (χ2v) is 6.48. The highest BCUT2D eigenvalue weighted by Crippen LogP contribution is 2.28. The second-order valence-electron chi connectivity index (χ2n) is 5.08. The molecule has 0 unspecified atom stereocenters. The fraction of sp³-hybridized carbons (Fsp3) is 1.00. The van der Waals surface area contributed by atoms with E-state index in [0.717, 1.165) is 5.25 Å². The summed E-state index contributed by atoms with van der Waals surface area (Å²) >= 11 is 2.24. The Morgan fingerprint density at radius 2 is 1.81 bits per heavy atom. The summed E-state index contributed by atoms with van der Waals surface area (Å²) in [6.07, 6.45) is 8.81. The van der Waals surface area contributed by atoms with Gasteiger partial charge in [-0.3, -0.25) is 0 Å². The normalized spacial score (nSPS) is 24.8. The van der Waals surface area contributed by atoms with Crippen LogP contribution in [0.5, 0.6) is 0 Å². The average Bonchev–Trinajstić information content (AvgIpc) is 2.37. The predicted molar refractivity (Wildman–Crippen MR) is 73.3 cm³/mol. The molecule has 0 aromatic heterocycles. The Balaban J connectivity index is 1.47. The minimum absolute atomic E-state index is 0.997. The molecule has 0 atom stereocenters. The summed E-state index contributed by atoms with van der Waals surface area (Å²) in [5, 5.41) is 4.41. The summed E-state index contributed by atoms with van der Waals surface area (Å²) in [7, 11) is 0. The Morgan fingerprint density at radius 1 is 1.06 bits per heavy atom. The number of piperazine rings is 1. The summed E-state index contributed by atoms with van der Waals surface area (Å²) in [6.45, 7) is 6.22. The first-order valence-corrected chi connectivity index (χ1v) is 8.05. The maximum Gasteiger partial charge on any atom is 0.0107 e. The fourth-order valence-electron chi connectivity index (χ4n) is 2.70. The van der Waals surface area contributed by atoms with Gasteiger partial charge in [-0.15, -0.1) is 0 Å². The first-order chi connectivity index (χ1) is 7.95. The van der Waals surface area contributed by atoms with E-state index in [1.165, 1.54) is 77.0 Å². The van der Waals surface area contributed by atoms with Crippen LogP contribution in [0, 0.1) is 0 Å². The van der Waals surface area contributed by atoms with Crippen molar-refractivity contribution in [3.8, 4) is 0 Å². The lowest BCUT2D eigenvalue weighted by Crippen LogP contribution is -2.43. The van der Waals surface area contributed by atoms with Gasteiger partial charge in [-0.2, -0.15) is 11.8 Å². The molecule has 0 aromatic rings. The summed E-state index contributed by atoms with van der Waals surface area (Å²) in [6, 6.07) is 0. The van der Waals surface area contributed by atoms with Crippen LogP contribution in [-0.4, -0.2) is 48.6 Å². The quantitative estimate of drug-likeness (QED) is 0.745. The molecule has 1 saturated carbocycles. The number of thioether (sulfide) groups is 1. The number of hydrogen-bond acceptors (Lipinski definition) is 3. The fourth-order valence-corrected chi connectivity index (χ4v) is 4.00. The second kappa shape index (κ2) is 7.57. The van der Waals surface area contributed by atoms with Crippen molar-refractivity contribution in [2.75, 3.05) is 38.5 Å². The number of nitrogens with zero attached hydrogens (tertiary/aromatic N) is 1. The average molecular weight is 242 g/mol.